The number of nitrogens with zero attached hydrogens (tertiary/aromatic N) is 2. The molecule has 0 saturated heterocycles. The molecule has 1 heterocycles. The van der Waals surface area contributed by atoms with Crippen LogP contribution in [0.5, 0.6) is 0 Å². The van der Waals surface area contributed by atoms with E-state index in [-0.39, 0.29) is 6.04 Å². The van der Waals surface area contributed by atoms with Crippen molar-refractivity contribution in [3.05, 3.63) is 18.0 Å². The molecule has 0 bridgehead atoms. The van der Waals surface area contributed by atoms with Crippen LogP contribution in [0.3, 0.4) is 0 Å². The second-order valence-corrected chi connectivity index (χ2v) is 3.57. The van der Waals surface area contributed by atoms with Crippen LogP contribution in [0, 0.1) is 0 Å². The topological polar surface area (TPSA) is 53.1 Å². The predicted octanol–water partition coefficient (Wildman–Crippen LogP) is 1.72. The molecule has 0 aromatic carbocycles. The lowest BCUT2D eigenvalue weighted by Crippen LogP contribution is -2.18. The maximum Gasteiger partial charge on any atom is 0.0552 e. The fourth-order valence-electron chi connectivity index (χ4n) is 1.56. The van der Waals surface area contributed by atoms with Crippen LogP contribution in [0.25, 0.3) is 0 Å². The van der Waals surface area contributed by atoms with E-state index >= 15 is 0 Å². The summed E-state index contributed by atoms with van der Waals surface area (Å²) in [5.74, 6) is 0. The first-order valence-corrected chi connectivity index (χ1v) is 5.64. The molecule has 4 nitrogen and oxygen atoms in total. The Bertz CT molecular complexity index is 273. The van der Waals surface area contributed by atoms with Gasteiger partial charge in [-0.2, -0.15) is 5.10 Å². The standard InChI is InChI=1S/C11H21N3O/c1-3-8-14-11(5-7-13-14)10(12)6-9-15-4-2/h5,7,10H,3-4,6,8-9,12H2,1-2H3. The number of ether oxygens (including phenoxy) is 1. The van der Waals surface area contributed by atoms with E-state index in [0.717, 1.165) is 38.3 Å². The van der Waals surface area contributed by atoms with Crippen molar-refractivity contribution < 1.29 is 4.74 Å². The highest BCUT2D eigenvalue weighted by molar-refractivity contribution is 5.06. The summed E-state index contributed by atoms with van der Waals surface area (Å²) in [6, 6.07) is 2.03. The third-order valence-electron chi connectivity index (χ3n) is 2.34. The zero-order chi connectivity index (χ0) is 11.1. The molecule has 1 aromatic rings. The molecule has 0 spiro atoms. The molecule has 0 fully saturated rings. The number of hydrogen-bond donors (Lipinski definition) is 1. The highest BCUT2D eigenvalue weighted by Crippen LogP contribution is 2.13. The van der Waals surface area contributed by atoms with Gasteiger partial charge in [-0.1, -0.05) is 6.92 Å². The quantitative estimate of drug-likeness (QED) is 0.699. The van der Waals surface area contributed by atoms with E-state index in [1.807, 2.05) is 23.9 Å². The summed E-state index contributed by atoms with van der Waals surface area (Å²) in [6.07, 6.45) is 3.74. The van der Waals surface area contributed by atoms with Gasteiger partial charge in [-0.05, 0) is 25.8 Å². The Hall–Kier alpha value is -0.870. The van der Waals surface area contributed by atoms with Crippen molar-refractivity contribution in [3.63, 3.8) is 0 Å². The molecule has 0 aliphatic rings. The summed E-state index contributed by atoms with van der Waals surface area (Å²) < 4.78 is 7.28. The predicted molar refractivity (Wildman–Crippen MR) is 60.6 cm³/mol. The lowest BCUT2D eigenvalue weighted by atomic mass is 10.1. The number of aryl methyl sites for hydroxylation is 1. The Morgan fingerprint density at radius 2 is 2.33 bits per heavy atom. The van der Waals surface area contributed by atoms with E-state index < -0.39 is 0 Å². The maximum atomic E-state index is 6.07. The second kappa shape index (κ2) is 6.58. The first kappa shape index (κ1) is 12.2. The molecule has 1 atom stereocenters. The molecule has 1 rings (SSSR count). The van der Waals surface area contributed by atoms with Crippen LogP contribution in [0.2, 0.25) is 0 Å². The average Bonchev–Trinajstić information content (AvgIpc) is 2.67. The van der Waals surface area contributed by atoms with Crippen LogP contribution < -0.4 is 5.73 Å². The van der Waals surface area contributed by atoms with E-state index in [1.165, 1.54) is 0 Å². The summed E-state index contributed by atoms with van der Waals surface area (Å²) in [6.45, 7) is 6.53. The molecule has 86 valence electrons. The summed E-state index contributed by atoms with van der Waals surface area (Å²) in [7, 11) is 0. The number of aromatic nitrogens is 2. The van der Waals surface area contributed by atoms with E-state index in [1.54, 1.807) is 0 Å². The number of rotatable bonds is 7. The van der Waals surface area contributed by atoms with Gasteiger partial charge in [0.2, 0.25) is 0 Å². The minimum absolute atomic E-state index is 0.0330. The molecule has 1 aromatic heterocycles. The third kappa shape index (κ3) is 3.64. The molecule has 4 heteroatoms. The average molecular weight is 211 g/mol. The highest BCUT2D eigenvalue weighted by Gasteiger charge is 2.10. The molecule has 0 aliphatic heterocycles. The summed E-state index contributed by atoms with van der Waals surface area (Å²) in [5, 5.41) is 4.25. The van der Waals surface area contributed by atoms with Crippen molar-refractivity contribution in [2.24, 2.45) is 5.73 Å². The van der Waals surface area contributed by atoms with Gasteiger partial charge < -0.3 is 10.5 Å². The van der Waals surface area contributed by atoms with E-state index in [9.17, 15) is 0 Å². The summed E-state index contributed by atoms with van der Waals surface area (Å²) >= 11 is 0. The molecular weight excluding hydrogens is 190 g/mol. The molecule has 2 N–H and O–H groups in total. The van der Waals surface area contributed by atoms with Crippen LogP contribution in [0.15, 0.2) is 12.3 Å². The van der Waals surface area contributed by atoms with Crippen LogP contribution >= 0.6 is 0 Å². The Morgan fingerprint density at radius 3 is 3.00 bits per heavy atom. The van der Waals surface area contributed by atoms with Gasteiger partial charge in [-0.3, -0.25) is 4.68 Å². The Balaban J connectivity index is 2.48. The fourth-order valence-corrected chi connectivity index (χ4v) is 1.56. The van der Waals surface area contributed by atoms with Gasteiger partial charge in [0.1, 0.15) is 0 Å². The van der Waals surface area contributed by atoms with Crippen LogP contribution in [-0.4, -0.2) is 23.0 Å². The van der Waals surface area contributed by atoms with Gasteiger partial charge in [0, 0.05) is 32.0 Å². The lowest BCUT2D eigenvalue weighted by Gasteiger charge is -2.13. The zero-order valence-electron chi connectivity index (χ0n) is 9.65. The maximum absolute atomic E-state index is 6.07. The fraction of sp³-hybridized carbons (Fsp3) is 0.727. The third-order valence-corrected chi connectivity index (χ3v) is 2.34. The molecule has 0 saturated carbocycles. The van der Waals surface area contributed by atoms with Crippen LogP contribution in [-0.2, 0) is 11.3 Å². The van der Waals surface area contributed by atoms with Crippen molar-refractivity contribution in [2.75, 3.05) is 13.2 Å². The van der Waals surface area contributed by atoms with Gasteiger partial charge in [0.15, 0.2) is 0 Å². The molecule has 0 amide bonds. The number of hydrogen-bond acceptors (Lipinski definition) is 3. The van der Waals surface area contributed by atoms with Crippen LogP contribution in [0.1, 0.15) is 38.4 Å². The SMILES string of the molecule is CCCn1nccc1C(N)CCOCC. The van der Waals surface area contributed by atoms with Crippen LogP contribution in [0.4, 0.5) is 0 Å². The van der Waals surface area contributed by atoms with Crippen molar-refractivity contribution in [2.45, 2.75) is 39.3 Å². The Morgan fingerprint density at radius 1 is 1.53 bits per heavy atom. The summed E-state index contributed by atoms with van der Waals surface area (Å²) in [5.41, 5.74) is 7.18. The van der Waals surface area contributed by atoms with E-state index in [4.69, 9.17) is 10.5 Å². The van der Waals surface area contributed by atoms with Crippen molar-refractivity contribution in [3.8, 4) is 0 Å². The molecule has 1 unspecified atom stereocenters. The monoisotopic (exact) mass is 211 g/mol. The molecule has 0 radical (unpaired) electrons. The normalized spacial score (nSPS) is 13.0. The minimum atomic E-state index is 0.0330. The highest BCUT2D eigenvalue weighted by atomic mass is 16.5. The smallest absolute Gasteiger partial charge is 0.0552 e. The van der Waals surface area contributed by atoms with Crippen molar-refractivity contribution in [1.29, 1.82) is 0 Å². The minimum Gasteiger partial charge on any atom is -0.382 e. The molecule has 15 heavy (non-hydrogen) atoms. The second-order valence-electron chi connectivity index (χ2n) is 3.57. The first-order chi connectivity index (χ1) is 7.29. The zero-order valence-corrected chi connectivity index (χ0v) is 9.65. The van der Waals surface area contributed by atoms with E-state index in [2.05, 4.69) is 12.0 Å². The Kier molecular flexibility index (Phi) is 5.36. The largest absolute Gasteiger partial charge is 0.382 e. The van der Waals surface area contributed by atoms with Gasteiger partial charge in [0.05, 0.1) is 5.69 Å². The van der Waals surface area contributed by atoms with Crippen molar-refractivity contribution >= 4 is 0 Å². The Labute approximate surface area is 91.4 Å². The van der Waals surface area contributed by atoms with Crippen molar-refractivity contribution in [1.82, 2.24) is 9.78 Å². The molecular formula is C11H21N3O. The lowest BCUT2D eigenvalue weighted by molar-refractivity contribution is 0.139. The van der Waals surface area contributed by atoms with Gasteiger partial charge in [0.25, 0.3) is 0 Å². The number of nitrogens with two attached hydrogens (primary N) is 1. The first-order valence-electron chi connectivity index (χ1n) is 5.64. The van der Waals surface area contributed by atoms with Gasteiger partial charge >= 0.3 is 0 Å². The van der Waals surface area contributed by atoms with Gasteiger partial charge in [-0.15, -0.1) is 0 Å². The summed E-state index contributed by atoms with van der Waals surface area (Å²) in [4.78, 5) is 0. The van der Waals surface area contributed by atoms with E-state index in [0.29, 0.717) is 0 Å². The van der Waals surface area contributed by atoms with Gasteiger partial charge in [-0.25, -0.2) is 0 Å². The molecule has 0 aliphatic carbocycles.